The number of carbonyl (C=O) groups excluding carboxylic acids is 1. The molecular weight excluding hydrogens is 364 g/mol. The zero-order valence-corrected chi connectivity index (χ0v) is 16.3. The maximum Gasteiger partial charge on any atom is 0.246 e. The minimum absolute atomic E-state index is 0.165. The number of rotatable bonds is 7. The Bertz CT molecular complexity index is 887. The Morgan fingerprint density at radius 1 is 1.33 bits per heavy atom. The van der Waals surface area contributed by atoms with Crippen LogP contribution in [0, 0.1) is 11.3 Å². The summed E-state index contributed by atoms with van der Waals surface area (Å²) in [6.45, 7) is 2.76. The molecule has 6 heteroatoms. The average molecular weight is 385 g/mol. The van der Waals surface area contributed by atoms with Crippen LogP contribution in [0.1, 0.15) is 23.6 Å². The molecule has 0 spiro atoms. The molecule has 1 amide bonds. The standard InChI is InChI=1S/C21H21ClN2O3/c1-4-27-19-12-15(11-18(22)21(19)26-3)8-9-20(25)24(2)14-17-7-5-6-16(10-17)13-23/h5-12H,4,14H2,1-3H3/b9-8+. The number of amides is 1. The van der Waals surface area contributed by atoms with Crippen molar-refractivity contribution in [2.24, 2.45) is 0 Å². The molecule has 2 aromatic carbocycles. The van der Waals surface area contributed by atoms with E-state index in [1.807, 2.05) is 13.0 Å². The van der Waals surface area contributed by atoms with Gasteiger partial charge in [-0.25, -0.2) is 0 Å². The Morgan fingerprint density at radius 3 is 2.78 bits per heavy atom. The van der Waals surface area contributed by atoms with Crippen molar-refractivity contribution in [1.29, 1.82) is 5.26 Å². The normalized spacial score (nSPS) is 10.5. The van der Waals surface area contributed by atoms with Crippen LogP contribution in [-0.4, -0.2) is 31.6 Å². The van der Waals surface area contributed by atoms with E-state index >= 15 is 0 Å². The van der Waals surface area contributed by atoms with Gasteiger partial charge in [0.1, 0.15) is 0 Å². The minimum Gasteiger partial charge on any atom is -0.491 e. The number of hydrogen-bond donors (Lipinski definition) is 0. The summed E-state index contributed by atoms with van der Waals surface area (Å²) in [5.74, 6) is 0.833. The van der Waals surface area contributed by atoms with Crippen LogP contribution in [-0.2, 0) is 11.3 Å². The van der Waals surface area contributed by atoms with Gasteiger partial charge in [-0.2, -0.15) is 5.26 Å². The monoisotopic (exact) mass is 384 g/mol. The fourth-order valence-corrected chi connectivity index (χ4v) is 2.83. The van der Waals surface area contributed by atoms with Gasteiger partial charge in [-0.1, -0.05) is 23.7 Å². The molecule has 0 unspecified atom stereocenters. The van der Waals surface area contributed by atoms with Gasteiger partial charge in [0.25, 0.3) is 0 Å². The molecule has 0 aromatic heterocycles. The van der Waals surface area contributed by atoms with E-state index < -0.39 is 0 Å². The third-order valence-electron chi connectivity index (χ3n) is 3.81. The zero-order chi connectivity index (χ0) is 19.8. The summed E-state index contributed by atoms with van der Waals surface area (Å²) in [5, 5.41) is 9.38. The van der Waals surface area contributed by atoms with Gasteiger partial charge in [0.2, 0.25) is 5.91 Å². The summed E-state index contributed by atoms with van der Waals surface area (Å²) in [6.07, 6.45) is 3.15. The largest absolute Gasteiger partial charge is 0.491 e. The first-order chi connectivity index (χ1) is 13.0. The Morgan fingerprint density at radius 2 is 2.11 bits per heavy atom. The first kappa shape index (κ1) is 20.3. The van der Waals surface area contributed by atoms with Crippen LogP contribution in [0.25, 0.3) is 6.08 Å². The fourth-order valence-electron chi connectivity index (χ4n) is 2.53. The third-order valence-corrected chi connectivity index (χ3v) is 4.09. The molecule has 0 radical (unpaired) electrons. The first-order valence-corrected chi connectivity index (χ1v) is 8.78. The van der Waals surface area contributed by atoms with Crippen LogP contribution in [0.15, 0.2) is 42.5 Å². The van der Waals surface area contributed by atoms with Gasteiger partial charge in [-0.15, -0.1) is 0 Å². The Balaban J connectivity index is 2.12. The summed E-state index contributed by atoms with van der Waals surface area (Å²) in [4.78, 5) is 14.0. The van der Waals surface area contributed by atoms with Crippen LogP contribution in [0.5, 0.6) is 11.5 Å². The number of likely N-dealkylation sites (N-methyl/N-ethyl adjacent to an activating group) is 1. The second kappa shape index (κ2) is 9.65. The fraction of sp³-hybridized carbons (Fsp3) is 0.238. The lowest BCUT2D eigenvalue weighted by Gasteiger charge is -2.15. The van der Waals surface area contributed by atoms with Crippen LogP contribution in [0.3, 0.4) is 0 Å². The van der Waals surface area contributed by atoms with Gasteiger partial charge in [-0.05, 0) is 48.4 Å². The quantitative estimate of drug-likeness (QED) is 0.668. The van der Waals surface area contributed by atoms with Crippen molar-refractivity contribution in [3.8, 4) is 17.6 Å². The smallest absolute Gasteiger partial charge is 0.246 e. The van der Waals surface area contributed by atoms with E-state index in [-0.39, 0.29) is 5.91 Å². The third kappa shape index (κ3) is 5.50. The number of nitrogens with zero attached hydrogens (tertiary/aromatic N) is 2. The maximum absolute atomic E-state index is 12.4. The van der Waals surface area contributed by atoms with Crippen molar-refractivity contribution >= 4 is 23.6 Å². The molecule has 0 aliphatic carbocycles. The van der Waals surface area contributed by atoms with Crippen LogP contribution < -0.4 is 9.47 Å². The van der Waals surface area contributed by atoms with E-state index in [2.05, 4.69) is 6.07 Å². The highest BCUT2D eigenvalue weighted by atomic mass is 35.5. The SMILES string of the molecule is CCOc1cc(/C=C/C(=O)N(C)Cc2cccc(C#N)c2)cc(Cl)c1OC. The molecule has 2 aromatic rings. The number of halogens is 1. The second-order valence-electron chi connectivity index (χ2n) is 5.81. The molecule has 2 rings (SSSR count). The first-order valence-electron chi connectivity index (χ1n) is 8.41. The van der Waals surface area contributed by atoms with Gasteiger partial charge in [-0.3, -0.25) is 4.79 Å². The highest BCUT2D eigenvalue weighted by Gasteiger charge is 2.11. The highest BCUT2D eigenvalue weighted by Crippen LogP contribution is 2.36. The van der Waals surface area contributed by atoms with E-state index in [1.54, 1.807) is 48.4 Å². The van der Waals surface area contributed by atoms with Gasteiger partial charge in [0.05, 0.1) is 30.4 Å². The molecule has 0 heterocycles. The van der Waals surface area contributed by atoms with Gasteiger partial charge in [0, 0.05) is 19.7 Å². The van der Waals surface area contributed by atoms with Crippen LogP contribution >= 0.6 is 11.6 Å². The minimum atomic E-state index is -0.165. The van der Waals surface area contributed by atoms with E-state index in [0.717, 1.165) is 11.1 Å². The van der Waals surface area contributed by atoms with E-state index in [9.17, 15) is 4.79 Å². The molecule has 0 saturated heterocycles. The summed E-state index contributed by atoms with van der Waals surface area (Å²) in [5.41, 5.74) is 2.20. The molecule has 0 aliphatic heterocycles. The lowest BCUT2D eigenvalue weighted by atomic mass is 10.1. The van der Waals surface area contributed by atoms with Crippen molar-refractivity contribution in [3.63, 3.8) is 0 Å². The zero-order valence-electron chi connectivity index (χ0n) is 15.5. The van der Waals surface area contributed by atoms with Crippen LogP contribution in [0.2, 0.25) is 5.02 Å². The topological polar surface area (TPSA) is 62.6 Å². The molecule has 140 valence electrons. The van der Waals surface area contributed by atoms with Gasteiger partial charge >= 0.3 is 0 Å². The number of carbonyl (C=O) groups is 1. The number of benzene rings is 2. The molecule has 5 nitrogen and oxygen atoms in total. The number of ether oxygens (including phenoxy) is 2. The van der Waals surface area contributed by atoms with Crippen LogP contribution in [0.4, 0.5) is 0 Å². The molecular formula is C21H21ClN2O3. The molecule has 0 bridgehead atoms. The molecule has 0 N–H and O–H groups in total. The molecule has 0 fully saturated rings. The van der Waals surface area contributed by atoms with Gasteiger partial charge in [0.15, 0.2) is 11.5 Å². The highest BCUT2D eigenvalue weighted by molar-refractivity contribution is 6.32. The number of hydrogen-bond acceptors (Lipinski definition) is 4. The van der Waals surface area contributed by atoms with Crippen molar-refractivity contribution in [1.82, 2.24) is 4.90 Å². The predicted octanol–water partition coefficient (Wildman–Crippen LogP) is 4.29. The molecule has 27 heavy (non-hydrogen) atoms. The maximum atomic E-state index is 12.4. The number of methoxy groups -OCH3 is 1. The van der Waals surface area contributed by atoms with E-state index in [0.29, 0.717) is 35.2 Å². The van der Waals surface area contributed by atoms with E-state index in [1.165, 1.54) is 13.2 Å². The lowest BCUT2D eigenvalue weighted by Crippen LogP contribution is -2.24. The summed E-state index contributed by atoms with van der Waals surface area (Å²) in [7, 11) is 3.23. The molecule has 0 aliphatic rings. The predicted molar refractivity (Wildman–Crippen MR) is 106 cm³/mol. The molecule has 0 atom stereocenters. The Hall–Kier alpha value is -2.97. The number of nitriles is 1. The molecule has 0 saturated carbocycles. The van der Waals surface area contributed by atoms with Crippen molar-refractivity contribution in [3.05, 3.63) is 64.2 Å². The second-order valence-corrected chi connectivity index (χ2v) is 6.21. The summed E-state index contributed by atoms with van der Waals surface area (Å²) < 4.78 is 10.8. The van der Waals surface area contributed by atoms with Gasteiger partial charge < -0.3 is 14.4 Å². The van der Waals surface area contributed by atoms with Crippen molar-refractivity contribution in [2.75, 3.05) is 20.8 Å². The Labute approximate surface area is 164 Å². The average Bonchev–Trinajstić information content (AvgIpc) is 2.66. The van der Waals surface area contributed by atoms with Crippen molar-refractivity contribution in [2.45, 2.75) is 13.5 Å². The Kier molecular flexibility index (Phi) is 7.27. The van der Waals surface area contributed by atoms with E-state index in [4.69, 9.17) is 26.3 Å². The summed E-state index contributed by atoms with van der Waals surface area (Å²) in [6, 6.07) is 12.8. The van der Waals surface area contributed by atoms with Crippen molar-refractivity contribution < 1.29 is 14.3 Å². The lowest BCUT2D eigenvalue weighted by molar-refractivity contribution is -0.125. The summed E-state index contributed by atoms with van der Waals surface area (Å²) >= 11 is 6.22.